The maximum absolute atomic E-state index is 5.72. The van der Waals surface area contributed by atoms with Gasteiger partial charge in [0.05, 0.1) is 0 Å². The lowest BCUT2D eigenvalue weighted by atomic mass is 10.2. The molecule has 0 aliphatic carbocycles. The van der Waals surface area contributed by atoms with E-state index in [1.165, 1.54) is 0 Å². The van der Waals surface area contributed by atoms with Crippen LogP contribution >= 0.6 is 0 Å². The Bertz CT molecular complexity index is 673. The first-order valence-electron chi connectivity index (χ1n) is 5.16. The Hall–Kier alpha value is -2.50. The van der Waals surface area contributed by atoms with Gasteiger partial charge in [0.2, 0.25) is 5.65 Å². The van der Waals surface area contributed by atoms with Gasteiger partial charge in [0.1, 0.15) is 5.82 Å². The van der Waals surface area contributed by atoms with Crippen LogP contribution in [0.3, 0.4) is 0 Å². The van der Waals surface area contributed by atoms with E-state index in [0.29, 0.717) is 11.5 Å². The largest absolute Gasteiger partial charge is 0.379 e. The maximum atomic E-state index is 5.72. The van der Waals surface area contributed by atoms with Gasteiger partial charge in [-0.3, -0.25) is 4.40 Å². The number of fused-ring (bicyclic) bond motifs is 1. The van der Waals surface area contributed by atoms with Gasteiger partial charge in [0.25, 0.3) is 0 Å². The second-order valence-electron chi connectivity index (χ2n) is 3.68. The molecule has 1 aromatic carbocycles. The lowest BCUT2D eigenvalue weighted by Gasteiger charge is -2.04. The van der Waals surface area contributed by atoms with Crippen molar-refractivity contribution in [3.05, 3.63) is 36.2 Å². The van der Waals surface area contributed by atoms with Crippen LogP contribution in [0.2, 0.25) is 0 Å². The highest BCUT2D eigenvalue weighted by molar-refractivity contribution is 5.65. The topological polar surface area (TPSA) is 82.0 Å². The molecule has 0 amide bonds. The standard InChI is InChI=1S/C11H10N6/c1-7-13-16-11-9(12)14-15-10(17(7)11)8-5-3-2-4-6-8/h2-6H,1H3,(H2,12,14). The van der Waals surface area contributed by atoms with Gasteiger partial charge in [-0.25, -0.2) is 0 Å². The molecule has 0 bridgehead atoms. The Morgan fingerprint density at radius 2 is 1.76 bits per heavy atom. The third-order valence-electron chi connectivity index (χ3n) is 2.55. The van der Waals surface area contributed by atoms with E-state index in [1.54, 1.807) is 4.40 Å². The number of rotatable bonds is 1. The van der Waals surface area contributed by atoms with Gasteiger partial charge < -0.3 is 5.73 Å². The number of nitrogens with zero attached hydrogens (tertiary/aromatic N) is 5. The minimum atomic E-state index is 0.283. The molecule has 2 N–H and O–H groups in total. The third-order valence-corrected chi connectivity index (χ3v) is 2.55. The quantitative estimate of drug-likeness (QED) is 0.671. The second-order valence-corrected chi connectivity index (χ2v) is 3.68. The molecule has 17 heavy (non-hydrogen) atoms. The summed E-state index contributed by atoms with van der Waals surface area (Å²) >= 11 is 0. The molecular weight excluding hydrogens is 216 g/mol. The van der Waals surface area contributed by atoms with Crippen molar-refractivity contribution < 1.29 is 0 Å². The second kappa shape index (κ2) is 3.51. The molecule has 0 aliphatic rings. The van der Waals surface area contributed by atoms with E-state index in [0.717, 1.165) is 11.4 Å². The van der Waals surface area contributed by atoms with Crippen LogP contribution in [0.5, 0.6) is 0 Å². The SMILES string of the molecule is Cc1nnc2c(N)nnc(-c3ccccc3)n12. The summed E-state index contributed by atoms with van der Waals surface area (Å²) in [5, 5.41) is 16.0. The zero-order valence-corrected chi connectivity index (χ0v) is 9.20. The minimum Gasteiger partial charge on any atom is -0.379 e. The molecule has 0 aliphatic heterocycles. The summed E-state index contributed by atoms with van der Waals surface area (Å²) in [6, 6.07) is 9.75. The molecule has 3 aromatic rings. The fourth-order valence-corrected chi connectivity index (χ4v) is 1.75. The fourth-order valence-electron chi connectivity index (χ4n) is 1.75. The highest BCUT2D eigenvalue weighted by Gasteiger charge is 2.12. The first-order valence-corrected chi connectivity index (χ1v) is 5.16. The minimum absolute atomic E-state index is 0.283. The normalized spacial score (nSPS) is 10.9. The Kier molecular flexibility index (Phi) is 2.01. The number of nitrogen functional groups attached to an aromatic ring is 1. The average molecular weight is 226 g/mol. The number of benzene rings is 1. The van der Waals surface area contributed by atoms with Gasteiger partial charge >= 0.3 is 0 Å². The van der Waals surface area contributed by atoms with Gasteiger partial charge in [-0.05, 0) is 6.92 Å². The first kappa shape index (κ1) is 9.71. The number of hydrogen-bond acceptors (Lipinski definition) is 5. The lowest BCUT2D eigenvalue weighted by molar-refractivity contribution is 0.936. The van der Waals surface area contributed by atoms with Crippen LogP contribution < -0.4 is 5.73 Å². The summed E-state index contributed by atoms with van der Waals surface area (Å²) in [7, 11) is 0. The van der Waals surface area contributed by atoms with Crippen LogP contribution in [-0.2, 0) is 0 Å². The molecule has 84 valence electrons. The third kappa shape index (κ3) is 1.42. The van der Waals surface area contributed by atoms with Gasteiger partial charge in [-0.15, -0.1) is 20.4 Å². The number of aryl methyl sites for hydroxylation is 1. The van der Waals surface area contributed by atoms with E-state index in [9.17, 15) is 0 Å². The Morgan fingerprint density at radius 1 is 1.00 bits per heavy atom. The highest BCUT2D eigenvalue weighted by atomic mass is 15.3. The zero-order valence-electron chi connectivity index (χ0n) is 9.20. The van der Waals surface area contributed by atoms with Crippen molar-refractivity contribution in [3.63, 3.8) is 0 Å². The molecular formula is C11H10N6. The van der Waals surface area contributed by atoms with E-state index >= 15 is 0 Å². The molecule has 0 saturated carbocycles. The number of aromatic nitrogens is 5. The van der Waals surface area contributed by atoms with Crippen LogP contribution in [0.1, 0.15) is 5.82 Å². The molecule has 0 spiro atoms. The monoisotopic (exact) mass is 226 g/mol. The smallest absolute Gasteiger partial charge is 0.207 e. The molecule has 0 unspecified atom stereocenters. The first-order chi connectivity index (χ1) is 8.27. The van der Waals surface area contributed by atoms with E-state index in [2.05, 4.69) is 20.4 Å². The summed E-state index contributed by atoms with van der Waals surface area (Å²) in [5.41, 5.74) is 7.21. The summed E-state index contributed by atoms with van der Waals surface area (Å²) in [6.07, 6.45) is 0. The number of nitrogens with two attached hydrogens (primary N) is 1. The van der Waals surface area contributed by atoms with Gasteiger partial charge in [-0.2, -0.15) is 0 Å². The van der Waals surface area contributed by atoms with E-state index in [1.807, 2.05) is 37.3 Å². The molecule has 3 rings (SSSR count). The summed E-state index contributed by atoms with van der Waals surface area (Å²) in [4.78, 5) is 0. The molecule has 0 saturated heterocycles. The molecule has 0 fully saturated rings. The van der Waals surface area contributed by atoms with Crippen molar-refractivity contribution in [2.75, 3.05) is 5.73 Å². The van der Waals surface area contributed by atoms with Crippen molar-refractivity contribution in [3.8, 4) is 11.4 Å². The molecule has 2 heterocycles. The summed E-state index contributed by atoms with van der Waals surface area (Å²) in [5.74, 6) is 1.71. The maximum Gasteiger partial charge on any atom is 0.207 e. The van der Waals surface area contributed by atoms with E-state index in [4.69, 9.17) is 5.73 Å². The molecule has 6 nitrogen and oxygen atoms in total. The summed E-state index contributed by atoms with van der Waals surface area (Å²) < 4.78 is 1.80. The van der Waals surface area contributed by atoms with Crippen LogP contribution in [0.25, 0.3) is 17.0 Å². The van der Waals surface area contributed by atoms with Crippen molar-refractivity contribution >= 4 is 11.5 Å². The van der Waals surface area contributed by atoms with E-state index < -0.39 is 0 Å². The van der Waals surface area contributed by atoms with Crippen molar-refractivity contribution in [2.24, 2.45) is 0 Å². The molecule has 6 heteroatoms. The highest BCUT2D eigenvalue weighted by Crippen LogP contribution is 2.19. The van der Waals surface area contributed by atoms with Gasteiger partial charge in [-0.1, -0.05) is 30.3 Å². The van der Waals surface area contributed by atoms with Crippen LogP contribution in [-0.4, -0.2) is 24.8 Å². The Labute approximate surface area is 97.1 Å². The average Bonchev–Trinajstić information content (AvgIpc) is 2.75. The zero-order chi connectivity index (χ0) is 11.8. The van der Waals surface area contributed by atoms with Crippen LogP contribution in [0.4, 0.5) is 5.82 Å². The summed E-state index contributed by atoms with van der Waals surface area (Å²) in [6.45, 7) is 1.85. The van der Waals surface area contributed by atoms with Crippen molar-refractivity contribution in [1.29, 1.82) is 0 Å². The number of hydrogen-bond donors (Lipinski definition) is 1. The molecule has 2 aromatic heterocycles. The van der Waals surface area contributed by atoms with Gasteiger partial charge in [0, 0.05) is 5.56 Å². The molecule has 0 radical (unpaired) electrons. The number of anilines is 1. The predicted octanol–water partition coefficient (Wildman–Crippen LogP) is 1.08. The van der Waals surface area contributed by atoms with Crippen molar-refractivity contribution in [1.82, 2.24) is 24.8 Å². The fraction of sp³-hybridized carbons (Fsp3) is 0.0909. The Balaban J connectivity index is 2.38. The Morgan fingerprint density at radius 3 is 2.53 bits per heavy atom. The van der Waals surface area contributed by atoms with Crippen LogP contribution in [0, 0.1) is 6.92 Å². The molecule has 0 atom stereocenters. The van der Waals surface area contributed by atoms with Crippen molar-refractivity contribution in [2.45, 2.75) is 6.92 Å². The van der Waals surface area contributed by atoms with Gasteiger partial charge in [0.15, 0.2) is 11.6 Å². The van der Waals surface area contributed by atoms with E-state index in [-0.39, 0.29) is 5.82 Å². The predicted molar refractivity (Wildman–Crippen MR) is 63.2 cm³/mol. The lowest BCUT2D eigenvalue weighted by Crippen LogP contribution is -2.04. The van der Waals surface area contributed by atoms with Crippen LogP contribution in [0.15, 0.2) is 30.3 Å².